The zero-order chi connectivity index (χ0) is 17.5. The molecule has 1 heterocycles. The molecule has 0 amide bonds. The van der Waals surface area contributed by atoms with Gasteiger partial charge in [-0.25, -0.2) is 4.99 Å². The zero-order valence-corrected chi connectivity index (χ0v) is 13.5. The summed E-state index contributed by atoms with van der Waals surface area (Å²) in [6, 6.07) is 3.14. The van der Waals surface area contributed by atoms with E-state index in [2.05, 4.69) is 9.98 Å². The highest BCUT2D eigenvalue weighted by molar-refractivity contribution is 6.34. The standard InChI is InChI=1S/C15H17ClF3N5/c16-10-5-4-9(15(17,18)19)8-11(10)24-13(21)22-12(20)23-14(24)6-2-1-3-7-14/h4-5,8H,1-3,6-7H2,(H4,20,21,22,23). The maximum atomic E-state index is 13.1. The van der Waals surface area contributed by atoms with Crippen LogP contribution in [-0.4, -0.2) is 17.6 Å². The second-order valence-electron chi connectivity index (χ2n) is 5.98. The van der Waals surface area contributed by atoms with Crippen LogP contribution in [0, 0.1) is 0 Å². The Morgan fingerprint density at radius 1 is 1.12 bits per heavy atom. The van der Waals surface area contributed by atoms with Crippen molar-refractivity contribution in [3.05, 3.63) is 28.8 Å². The highest BCUT2D eigenvalue weighted by atomic mass is 35.5. The second-order valence-corrected chi connectivity index (χ2v) is 6.39. The topological polar surface area (TPSA) is 80.0 Å². The van der Waals surface area contributed by atoms with Gasteiger partial charge < -0.3 is 11.5 Å². The Labute approximate surface area is 142 Å². The van der Waals surface area contributed by atoms with E-state index < -0.39 is 17.4 Å². The molecule has 0 unspecified atom stereocenters. The van der Waals surface area contributed by atoms with Gasteiger partial charge in [0.25, 0.3) is 0 Å². The van der Waals surface area contributed by atoms with Crippen LogP contribution in [0.3, 0.4) is 0 Å². The normalized spacial score (nSPS) is 20.8. The van der Waals surface area contributed by atoms with Crippen molar-refractivity contribution in [2.75, 3.05) is 4.90 Å². The van der Waals surface area contributed by atoms with Gasteiger partial charge in [0.05, 0.1) is 16.3 Å². The van der Waals surface area contributed by atoms with Crippen molar-refractivity contribution in [2.24, 2.45) is 21.5 Å². The van der Waals surface area contributed by atoms with Gasteiger partial charge in [-0.2, -0.15) is 18.2 Å². The lowest BCUT2D eigenvalue weighted by molar-refractivity contribution is -0.137. The molecule has 1 aliphatic carbocycles. The van der Waals surface area contributed by atoms with E-state index in [9.17, 15) is 13.2 Å². The van der Waals surface area contributed by atoms with Crippen molar-refractivity contribution >= 4 is 29.2 Å². The Bertz CT molecular complexity index is 708. The molecule has 0 atom stereocenters. The number of benzene rings is 1. The second kappa shape index (κ2) is 5.84. The largest absolute Gasteiger partial charge is 0.416 e. The summed E-state index contributed by atoms with van der Waals surface area (Å²) in [5.74, 6) is 0.0411. The third-order valence-corrected chi connectivity index (χ3v) is 4.69. The summed E-state index contributed by atoms with van der Waals surface area (Å²) in [4.78, 5) is 9.86. The van der Waals surface area contributed by atoms with Crippen LogP contribution in [0.2, 0.25) is 5.02 Å². The van der Waals surface area contributed by atoms with Crippen molar-refractivity contribution in [1.82, 2.24) is 0 Å². The predicted octanol–water partition coefficient (Wildman–Crippen LogP) is 3.47. The summed E-state index contributed by atoms with van der Waals surface area (Å²) in [6.45, 7) is 0. The highest BCUT2D eigenvalue weighted by Gasteiger charge is 2.44. The molecule has 4 N–H and O–H groups in total. The van der Waals surface area contributed by atoms with Crippen LogP contribution < -0.4 is 16.4 Å². The van der Waals surface area contributed by atoms with Gasteiger partial charge in [-0.15, -0.1) is 0 Å². The minimum absolute atomic E-state index is 0.00521. The van der Waals surface area contributed by atoms with E-state index in [1.54, 1.807) is 0 Å². The summed E-state index contributed by atoms with van der Waals surface area (Å²) in [5, 5.41) is 0.154. The molecule has 1 aromatic rings. The molecule has 24 heavy (non-hydrogen) atoms. The van der Waals surface area contributed by atoms with Gasteiger partial charge in [0.1, 0.15) is 5.66 Å². The Balaban J connectivity index is 2.14. The molecule has 2 aliphatic rings. The fourth-order valence-electron chi connectivity index (χ4n) is 3.33. The number of hydrogen-bond donors (Lipinski definition) is 2. The average Bonchev–Trinajstić information content (AvgIpc) is 2.48. The van der Waals surface area contributed by atoms with Gasteiger partial charge in [-0.3, -0.25) is 4.90 Å². The molecule has 0 radical (unpaired) electrons. The Kier molecular flexibility index (Phi) is 4.11. The molecule has 9 heteroatoms. The first-order valence-corrected chi connectivity index (χ1v) is 7.97. The smallest absolute Gasteiger partial charge is 0.369 e. The van der Waals surface area contributed by atoms with Crippen LogP contribution in [0.5, 0.6) is 0 Å². The summed E-state index contributed by atoms with van der Waals surface area (Å²) in [6.07, 6.45) is -0.470. The monoisotopic (exact) mass is 359 g/mol. The molecular formula is C15H17ClF3N5. The van der Waals surface area contributed by atoms with Crippen LogP contribution in [0.25, 0.3) is 0 Å². The van der Waals surface area contributed by atoms with Gasteiger partial charge in [0.15, 0.2) is 0 Å². The minimum Gasteiger partial charge on any atom is -0.369 e. The molecule has 3 rings (SSSR count). The van der Waals surface area contributed by atoms with Crippen molar-refractivity contribution in [3.63, 3.8) is 0 Å². The van der Waals surface area contributed by atoms with E-state index in [1.807, 2.05) is 0 Å². The molecule has 1 saturated carbocycles. The third kappa shape index (κ3) is 2.90. The van der Waals surface area contributed by atoms with E-state index in [0.29, 0.717) is 12.8 Å². The summed E-state index contributed by atoms with van der Waals surface area (Å²) >= 11 is 6.18. The lowest BCUT2D eigenvalue weighted by Crippen LogP contribution is -2.58. The van der Waals surface area contributed by atoms with Crippen LogP contribution in [0.4, 0.5) is 18.9 Å². The first kappa shape index (κ1) is 16.9. The number of nitrogens with zero attached hydrogens (tertiary/aromatic N) is 3. The summed E-state index contributed by atoms with van der Waals surface area (Å²) in [5.41, 5.74) is 10.3. The molecule has 0 saturated heterocycles. The number of halogens is 4. The lowest BCUT2D eigenvalue weighted by atomic mass is 9.87. The molecule has 1 aliphatic heterocycles. The summed E-state index contributed by atoms with van der Waals surface area (Å²) in [7, 11) is 0. The Morgan fingerprint density at radius 3 is 2.42 bits per heavy atom. The van der Waals surface area contributed by atoms with Crippen molar-refractivity contribution < 1.29 is 13.2 Å². The van der Waals surface area contributed by atoms with Crippen LogP contribution >= 0.6 is 11.6 Å². The fraction of sp³-hybridized carbons (Fsp3) is 0.467. The molecule has 0 bridgehead atoms. The predicted molar refractivity (Wildman–Crippen MR) is 88.0 cm³/mol. The Morgan fingerprint density at radius 2 is 1.79 bits per heavy atom. The number of aliphatic imine (C=N–C) groups is 2. The van der Waals surface area contributed by atoms with Gasteiger partial charge >= 0.3 is 6.18 Å². The maximum Gasteiger partial charge on any atom is 0.416 e. The first-order valence-electron chi connectivity index (χ1n) is 7.59. The minimum atomic E-state index is -4.48. The SMILES string of the molecule is NC1=NC2(CCCCC2)N(c2cc(C(F)(F)F)ccc2Cl)C(N)=N1. The molecule has 1 fully saturated rings. The number of anilines is 1. The van der Waals surface area contributed by atoms with Crippen molar-refractivity contribution in [2.45, 2.75) is 43.9 Å². The maximum absolute atomic E-state index is 13.1. The van der Waals surface area contributed by atoms with Gasteiger partial charge in [0, 0.05) is 0 Å². The first-order chi connectivity index (χ1) is 11.2. The number of nitrogens with two attached hydrogens (primary N) is 2. The van der Waals surface area contributed by atoms with Gasteiger partial charge in [-0.05, 0) is 43.9 Å². The fourth-order valence-corrected chi connectivity index (χ4v) is 3.53. The average molecular weight is 360 g/mol. The summed E-state index contributed by atoms with van der Waals surface area (Å²) < 4.78 is 39.3. The lowest BCUT2D eigenvalue weighted by Gasteiger charge is -2.46. The van der Waals surface area contributed by atoms with Crippen molar-refractivity contribution in [1.29, 1.82) is 0 Å². The van der Waals surface area contributed by atoms with Crippen LogP contribution in [-0.2, 0) is 6.18 Å². The molecule has 1 spiro atoms. The van der Waals surface area contributed by atoms with E-state index in [1.165, 1.54) is 11.0 Å². The molecule has 5 nitrogen and oxygen atoms in total. The number of guanidine groups is 2. The molecule has 130 valence electrons. The third-order valence-electron chi connectivity index (χ3n) is 4.37. The van der Waals surface area contributed by atoms with Gasteiger partial charge in [-0.1, -0.05) is 18.0 Å². The number of hydrogen-bond acceptors (Lipinski definition) is 5. The van der Waals surface area contributed by atoms with Crippen molar-refractivity contribution in [3.8, 4) is 0 Å². The van der Waals surface area contributed by atoms with E-state index in [-0.39, 0.29) is 22.6 Å². The van der Waals surface area contributed by atoms with Crippen LogP contribution in [0.1, 0.15) is 37.7 Å². The quantitative estimate of drug-likeness (QED) is 0.805. The molecule has 1 aromatic carbocycles. The number of rotatable bonds is 1. The zero-order valence-electron chi connectivity index (χ0n) is 12.8. The van der Waals surface area contributed by atoms with E-state index in [0.717, 1.165) is 31.4 Å². The van der Waals surface area contributed by atoms with E-state index >= 15 is 0 Å². The molecular weight excluding hydrogens is 343 g/mol. The number of alkyl halides is 3. The van der Waals surface area contributed by atoms with Crippen LogP contribution in [0.15, 0.2) is 28.2 Å². The van der Waals surface area contributed by atoms with E-state index in [4.69, 9.17) is 23.1 Å². The Hall–Kier alpha value is -1.96. The molecule has 0 aromatic heterocycles. The highest BCUT2D eigenvalue weighted by Crippen LogP contribution is 2.43. The van der Waals surface area contributed by atoms with Gasteiger partial charge in [0.2, 0.25) is 11.9 Å².